The highest BCUT2D eigenvalue weighted by Gasteiger charge is 1.87. The van der Waals surface area contributed by atoms with E-state index in [0.29, 0.717) is 0 Å². The van der Waals surface area contributed by atoms with E-state index in [1.165, 1.54) is 4.88 Å². The third-order valence-corrected chi connectivity index (χ3v) is 1.77. The molecule has 1 aromatic rings. The molecule has 0 saturated carbocycles. The lowest BCUT2D eigenvalue weighted by Gasteiger charge is -1.86. The van der Waals surface area contributed by atoms with Crippen LogP contribution in [0.4, 0.5) is 0 Å². The van der Waals surface area contributed by atoms with Gasteiger partial charge in [-0.25, -0.2) is 0 Å². The highest BCUT2D eigenvalue weighted by Crippen LogP contribution is 2.06. The van der Waals surface area contributed by atoms with Crippen molar-refractivity contribution in [2.75, 3.05) is 6.54 Å². The Morgan fingerprint density at radius 1 is 1.75 bits per heavy atom. The van der Waals surface area contributed by atoms with Gasteiger partial charge in [0.15, 0.2) is 0 Å². The molecule has 43 valence electrons. The summed E-state index contributed by atoms with van der Waals surface area (Å²) >= 11 is 1.64. The van der Waals surface area contributed by atoms with Crippen LogP contribution in [-0.2, 0) is 6.42 Å². The summed E-state index contributed by atoms with van der Waals surface area (Å²) in [7, 11) is 0. The van der Waals surface area contributed by atoms with Gasteiger partial charge in [0.1, 0.15) is 0 Å². The van der Waals surface area contributed by atoms with Crippen LogP contribution in [0.15, 0.2) is 12.1 Å². The average Bonchev–Trinajstić information content (AvgIpc) is 2.19. The summed E-state index contributed by atoms with van der Waals surface area (Å²) in [6.45, 7) is 0.744. The van der Waals surface area contributed by atoms with Crippen molar-refractivity contribution in [2.45, 2.75) is 6.42 Å². The Bertz CT molecular complexity index is 134. The maximum absolute atomic E-state index is 5.31. The summed E-state index contributed by atoms with van der Waals surface area (Å²) in [6.07, 6.45) is 0.994. The third kappa shape index (κ3) is 1.32. The molecule has 1 aromatic heterocycles. The first kappa shape index (κ1) is 5.79. The van der Waals surface area contributed by atoms with Crippen molar-refractivity contribution in [3.63, 3.8) is 0 Å². The molecule has 0 aliphatic carbocycles. The molecule has 0 spiro atoms. The van der Waals surface area contributed by atoms with Gasteiger partial charge < -0.3 is 5.73 Å². The molecule has 8 heavy (non-hydrogen) atoms. The summed E-state index contributed by atoms with van der Waals surface area (Å²) in [6, 6.07) is 3.98. The van der Waals surface area contributed by atoms with Crippen LogP contribution in [0.3, 0.4) is 0 Å². The van der Waals surface area contributed by atoms with Gasteiger partial charge in [-0.3, -0.25) is 0 Å². The molecule has 0 atom stereocenters. The lowest BCUT2D eigenvalue weighted by atomic mass is 10.3. The molecule has 0 amide bonds. The molecule has 0 fully saturated rings. The Hall–Kier alpha value is -0.340. The molecule has 2 N–H and O–H groups in total. The van der Waals surface area contributed by atoms with E-state index in [1.54, 1.807) is 11.3 Å². The van der Waals surface area contributed by atoms with Crippen LogP contribution in [0.25, 0.3) is 0 Å². The molecule has 2 heteroatoms. The van der Waals surface area contributed by atoms with Crippen molar-refractivity contribution in [1.29, 1.82) is 0 Å². The van der Waals surface area contributed by atoms with Gasteiger partial charge in [0.05, 0.1) is 0 Å². The molecule has 0 bridgehead atoms. The Morgan fingerprint density at radius 2 is 2.62 bits per heavy atom. The number of hydrogen-bond donors (Lipinski definition) is 1. The van der Waals surface area contributed by atoms with Crippen LogP contribution in [0.5, 0.6) is 0 Å². The minimum atomic E-state index is 0.744. The molecule has 0 saturated heterocycles. The van der Waals surface area contributed by atoms with Crippen LogP contribution >= 0.6 is 11.3 Å². The zero-order valence-electron chi connectivity index (χ0n) is 4.55. The molecular weight excluding hydrogens is 118 g/mol. The normalized spacial score (nSPS) is 9.62. The van der Waals surface area contributed by atoms with E-state index in [1.807, 2.05) is 6.07 Å². The number of thiophene rings is 1. The fraction of sp³-hybridized carbons (Fsp3) is 0.333. The summed E-state index contributed by atoms with van der Waals surface area (Å²) < 4.78 is 0. The van der Waals surface area contributed by atoms with Gasteiger partial charge in [-0.15, -0.1) is 11.3 Å². The topological polar surface area (TPSA) is 26.0 Å². The first-order valence-electron chi connectivity index (χ1n) is 2.58. The molecule has 0 aromatic carbocycles. The van der Waals surface area contributed by atoms with Crippen LogP contribution in [-0.4, -0.2) is 6.54 Å². The van der Waals surface area contributed by atoms with E-state index in [2.05, 4.69) is 11.4 Å². The standard InChI is InChI=1S/C6H8NS/c7-4-3-6-2-1-5-8-6/h1-2H,3-4,7H2. The van der Waals surface area contributed by atoms with E-state index in [-0.39, 0.29) is 0 Å². The minimum absolute atomic E-state index is 0.744. The predicted molar refractivity (Wildman–Crippen MR) is 35.9 cm³/mol. The van der Waals surface area contributed by atoms with Crippen molar-refractivity contribution in [3.05, 3.63) is 22.4 Å². The second-order valence-electron chi connectivity index (χ2n) is 1.56. The lowest BCUT2D eigenvalue weighted by molar-refractivity contribution is 0.989. The van der Waals surface area contributed by atoms with E-state index in [9.17, 15) is 0 Å². The number of hydrogen-bond acceptors (Lipinski definition) is 2. The number of rotatable bonds is 2. The van der Waals surface area contributed by atoms with E-state index >= 15 is 0 Å². The average molecular weight is 126 g/mol. The quantitative estimate of drug-likeness (QED) is 0.629. The van der Waals surface area contributed by atoms with E-state index in [0.717, 1.165) is 13.0 Å². The van der Waals surface area contributed by atoms with Gasteiger partial charge in [0.25, 0.3) is 0 Å². The van der Waals surface area contributed by atoms with Gasteiger partial charge in [0, 0.05) is 10.3 Å². The minimum Gasteiger partial charge on any atom is -0.330 e. The smallest absolute Gasteiger partial charge is 0.0445 e. The Kier molecular flexibility index (Phi) is 2.06. The van der Waals surface area contributed by atoms with Crippen molar-refractivity contribution in [1.82, 2.24) is 0 Å². The molecule has 1 rings (SSSR count). The maximum Gasteiger partial charge on any atom is 0.0445 e. The Labute approximate surface area is 53.1 Å². The van der Waals surface area contributed by atoms with Crippen LogP contribution in [0.2, 0.25) is 0 Å². The van der Waals surface area contributed by atoms with Crippen molar-refractivity contribution < 1.29 is 0 Å². The summed E-state index contributed by atoms with van der Waals surface area (Å²) in [4.78, 5) is 1.33. The summed E-state index contributed by atoms with van der Waals surface area (Å²) in [5.74, 6) is 0. The largest absolute Gasteiger partial charge is 0.330 e. The van der Waals surface area contributed by atoms with Crippen molar-refractivity contribution in [2.24, 2.45) is 5.73 Å². The summed E-state index contributed by atoms with van der Waals surface area (Å²) in [5.41, 5.74) is 5.31. The second-order valence-corrected chi connectivity index (χ2v) is 2.52. The number of nitrogens with two attached hydrogens (primary N) is 1. The second kappa shape index (κ2) is 2.84. The zero-order chi connectivity index (χ0) is 5.82. The summed E-state index contributed by atoms with van der Waals surface area (Å²) in [5, 5.41) is 3.00. The van der Waals surface area contributed by atoms with Crippen LogP contribution in [0, 0.1) is 5.38 Å². The third-order valence-electron chi connectivity index (χ3n) is 0.918. The first-order valence-corrected chi connectivity index (χ1v) is 3.40. The fourth-order valence-electron chi connectivity index (χ4n) is 0.547. The zero-order valence-corrected chi connectivity index (χ0v) is 5.37. The predicted octanol–water partition coefficient (Wildman–Crippen LogP) is 1.05. The Morgan fingerprint density at radius 3 is 3.12 bits per heavy atom. The van der Waals surface area contributed by atoms with Gasteiger partial charge >= 0.3 is 0 Å². The fourth-order valence-corrected chi connectivity index (χ4v) is 1.19. The first-order chi connectivity index (χ1) is 3.93. The SMILES string of the molecule is NCCc1cc[c]s1. The lowest BCUT2D eigenvalue weighted by Crippen LogP contribution is -2.00. The van der Waals surface area contributed by atoms with Crippen molar-refractivity contribution >= 4 is 11.3 Å². The molecule has 0 aliphatic rings. The van der Waals surface area contributed by atoms with Gasteiger partial charge in [-0.05, 0) is 25.1 Å². The van der Waals surface area contributed by atoms with E-state index in [4.69, 9.17) is 5.73 Å². The molecule has 1 heterocycles. The van der Waals surface area contributed by atoms with Gasteiger partial charge in [0.2, 0.25) is 0 Å². The molecule has 1 nitrogen and oxygen atoms in total. The van der Waals surface area contributed by atoms with E-state index < -0.39 is 0 Å². The molecule has 0 unspecified atom stereocenters. The molecule has 0 aliphatic heterocycles. The highest BCUT2D eigenvalue weighted by atomic mass is 32.1. The van der Waals surface area contributed by atoms with Gasteiger partial charge in [-0.1, -0.05) is 0 Å². The van der Waals surface area contributed by atoms with Crippen LogP contribution in [0.1, 0.15) is 4.88 Å². The molecule has 1 radical (unpaired) electrons. The van der Waals surface area contributed by atoms with Crippen molar-refractivity contribution in [3.8, 4) is 0 Å². The van der Waals surface area contributed by atoms with Gasteiger partial charge in [-0.2, -0.15) is 0 Å². The molecular formula is C6H8NS. The highest BCUT2D eigenvalue weighted by molar-refractivity contribution is 7.09. The monoisotopic (exact) mass is 126 g/mol. The Balaban J connectivity index is 2.50. The maximum atomic E-state index is 5.31. The van der Waals surface area contributed by atoms with Crippen LogP contribution < -0.4 is 5.73 Å².